The number of rotatable bonds is 4. The van der Waals surface area contributed by atoms with Gasteiger partial charge in [0.1, 0.15) is 5.54 Å². The summed E-state index contributed by atoms with van der Waals surface area (Å²) in [6, 6.07) is 13.6. The van der Waals surface area contributed by atoms with E-state index in [9.17, 15) is 14.4 Å². The number of carbonyl (C=O) groups is 3. The zero-order valence-electron chi connectivity index (χ0n) is 14.1. The number of hydrogen-bond acceptors (Lipinski definition) is 3. The first kappa shape index (κ1) is 16.7. The highest BCUT2D eigenvalue weighted by atomic mass is 16.2. The van der Waals surface area contributed by atoms with Crippen molar-refractivity contribution in [2.45, 2.75) is 25.9 Å². The summed E-state index contributed by atoms with van der Waals surface area (Å²) in [5, 5.41) is 2.78. The van der Waals surface area contributed by atoms with Gasteiger partial charge in [-0.3, -0.25) is 14.5 Å². The van der Waals surface area contributed by atoms with Gasteiger partial charge in [0.15, 0.2) is 0 Å². The van der Waals surface area contributed by atoms with Gasteiger partial charge in [-0.2, -0.15) is 0 Å². The summed E-state index contributed by atoms with van der Waals surface area (Å²) in [5.74, 6) is -0.825. The van der Waals surface area contributed by atoms with Crippen LogP contribution in [0, 0.1) is 6.92 Å². The van der Waals surface area contributed by atoms with Crippen LogP contribution in [0.5, 0.6) is 0 Å². The van der Waals surface area contributed by atoms with Gasteiger partial charge in [-0.25, -0.2) is 4.79 Å². The third kappa shape index (κ3) is 2.98. The molecule has 0 saturated carbocycles. The van der Waals surface area contributed by atoms with Crippen molar-refractivity contribution in [3.8, 4) is 0 Å². The predicted octanol–water partition coefficient (Wildman–Crippen LogP) is 2.06. The van der Waals surface area contributed by atoms with E-state index in [-0.39, 0.29) is 12.5 Å². The molecule has 1 fully saturated rings. The smallest absolute Gasteiger partial charge is 0.325 e. The highest BCUT2D eigenvalue weighted by molar-refractivity contribution is 6.07. The highest BCUT2D eigenvalue weighted by Crippen LogP contribution is 2.30. The van der Waals surface area contributed by atoms with E-state index in [4.69, 9.17) is 5.73 Å². The van der Waals surface area contributed by atoms with Crippen LogP contribution in [0.4, 0.5) is 4.79 Å². The van der Waals surface area contributed by atoms with Crippen LogP contribution in [0.3, 0.4) is 0 Å². The third-order valence-corrected chi connectivity index (χ3v) is 4.48. The van der Waals surface area contributed by atoms with Crippen molar-refractivity contribution >= 4 is 17.8 Å². The summed E-state index contributed by atoms with van der Waals surface area (Å²) in [6.07, 6.45) is 0. The molecule has 25 heavy (non-hydrogen) atoms. The lowest BCUT2D eigenvalue weighted by Gasteiger charge is -2.22. The van der Waals surface area contributed by atoms with Crippen molar-refractivity contribution in [1.29, 1.82) is 0 Å². The van der Waals surface area contributed by atoms with E-state index in [1.54, 1.807) is 31.2 Å². The Bertz CT molecular complexity index is 843. The molecule has 4 amide bonds. The molecule has 1 aliphatic heterocycles. The Morgan fingerprint density at radius 3 is 2.24 bits per heavy atom. The van der Waals surface area contributed by atoms with E-state index in [0.717, 1.165) is 16.7 Å². The van der Waals surface area contributed by atoms with Crippen molar-refractivity contribution in [2.75, 3.05) is 0 Å². The topological polar surface area (TPSA) is 92.5 Å². The first-order valence-electron chi connectivity index (χ1n) is 7.91. The maximum atomic E-state index is 12.9. The number of imide groups is 1. The average molecular weight is 337 g/mol. The molecule has 3 rings (SSSR count). The SMILES string of the molecule is Cc1ccc(C2(C)NC(=O)N(Cc3ccc(C(N)=O)cc3)C2=O)cc1. The number of amides is 4. The number of nitrogens with one attached hydrogen (secondary N) is 1. The number of nitrogens with two attached hydrogens (primary N) is 1. The van der Waals surface area contributed by atoms with E-state index in [1.807, 2.05) is 31.2 Å². The first-order chi connectivity index (χ1) is 11.8. The Labute approximate surface area is 145 Å². The Hall–Kier alpha value is -3.15. The van der Waals surface area contributed by atoms with Crippen LogP contribution in [0.2, 0.25) is 0 Å². The maximum Gasteiger partial charge on any atom is 0.325 e. The van der Waals surface area contributed by atoms with Gasteiger partial charge in [0, 0.05) is 5.56 Å². The summed E-state index contributed by atoms with van der Waals surface area (Å²) >= 11 is 0. The van der Waals surface area contributed by atoms with Gasteiger partial charge >= 0.3 is 6.03 Å². The van der Waals surface area contributed by atoms with Gasteiger partial charge in [0.05, 0.1) is 6.54 Å². The molecule has 0 radical (unpaired) electrons. The number of carbonyl (C=O) groups excluding carboxylic acids is 3. The van der Waals surface area contributed by atoms with E-state index in [1.165, 1.54) is 4.90 Å². The minimum absolute atomic E-state index is 0.130. The molecular formula is C19H19N3O3. The zero-order chi connectivity index (χ0) is 18.2. The summed E-state index contributed by atoms with van der Waals surface area (Å²) in [4.78, 5) is 37.5. The molecule has 1 aliphatic rings. The maximum absolute atomic E-state index is 12.9. The number of primary amides is 1. The van der Waals surface area contributed by atoms with E-state index < -0.39 is 17.5 Å². The van der Waals surface area contributed by atoms with Crippen molar-refractivity contribution in [3.05, 3.63) is 70.8 Å². The number of aryl methyl sites for hydroxylation is 1. The largest absolute Gasteiger partial charge is 0.366 e. The fourth-order valence-electron chi connectivity index (χ4n) is 2.88. The summed E-state index contributed by atoms with van der Waals surface area (Å²) in [7, 11) is 0. The molecule has 128 valence electrons. The van der Waals surface area contributed by atoms with Crippen molar-refractivity contribution in [1.82, 2.24) is 10.2 Å². The number of hydrogen-bond donors (Lipinski definition) is 2. The molecule has 2 aromatic rings. The van der Waals surface area contributed by atoms with Crippen molar-refractivity contribution in [3.63, 3.8) is 0 Å². The second-order valence-electron chi connectivity index (χ2n) is 6.37. The molecule has 1 saturated heterocycles. The van der Waals surface area contributed by atoms with Crippen LogP contribution < -0.4 is 11.1 Å². The number of urea groups is 1. The molecule has 3 N–H and O–H groups in total. The molecule has 0 bridgehead atoms. The Kier molecular flexibility index (Phi) is 4.04. The summed E-state index contributed by atoms with van der Waals surface area (Å²) in [5.41, 5.74) is 7.06. The molecule has 0 aliphatic carbocycles. The molecule has 1 heterocycles. The van der Waals surface area contributed by atoms with Gasteiger partial charge in [-0.1, -0.05) is 42.0 Å². The standard InChI is InChI=1S/C19H19N3O3/c1-12-3-9-15(10-4-12)19(2)17(24)22(18(25)21-19)11-13-5-7-14(8-6-13)16(20)23/h3-10H,11H2,1-2H3,(H2,20,23)(H,21,25). The van der Waals surface area contributed by atoms with Gasteiger partial charge < -0.3 is 11.1 Å². The van der Waals surface area contributed by atoms with Gasteiger partial charge in [0.2, 0.25) is 5.91 Å². The normalized spacial score (nSPS) is 19.8. The minimum atomic E-state index is -1.09. The predicted molar refractivity (Wildman–Crippen MR) is 92.6 cm³/mol. The molecular weight excluding hydrogens is 318 g/mol. The second kappa shape index (κ2) is 6.05. The second-order valence-corrected chi connectivity index (χ2v) is 6.37. The first-order valence-corrected chi connectivity index (χ1v) is 7.91. The van der Waals surface area contributed by atoms with Crippen LogP contribution >= 0.6 is 0 Å². The van der Waals surface area contributed by atoms with Crippen LogP contribution in [-0.4, -0.2) is 22.7 Å². The van der Waals surface area contributed by atoms with Crippen LogP contribution in [0.15, 0.2) is 48.5 Å². The van der Waals surface area contributed by atoms with E-state index in [0.29, 0.717) is 5.56 Å². The van der Waals surface area contributed by atoms with E-state index >= 15 is 0 Å². The quantitative estimate of drug-likeness (QED) is 0.837. The van der Waals surface area contributed by atoms with Crippen LogP contribution in [0.25, 0.3) is 0 Å². The lowest BCUT2D eigenvalue weighted by molar-refractivity contribution is -0.131. The zero-order valence-corrected chi connectivity index (χ0v) is 14.1. The van der Waals surface area contributed by atoms with Gasteiger partial charge in [-0.15, -0.1) is 0 Å². The lowest BCUT2D eigenvalue weighted by Crippen LogP contribution is -2.40. The highest BCUT2D eigenvalue weighted by Gasteiger charge is 2.48. The van der Waals surface area contributed by atoms with Crippen LogP contribution in [-0.2, 0) is 16.9 Å². The molecule has 1 atom stereocenters. The molecule has 6 heteroatoms. The summed E-state index contributed by atoms with van der Waals surface area (Å²) < 4.78 is 0. The molecule has 6 nitrogen and oxygen atoms in total. The average Bonchev–Trinajstić information content (AvgIpc) is 2.80. The molecule has 2 aromatic carbocycles. The van der Waals surface area contributed by atoms with Gasteiger partial charge in [0.25, 0.3) is 5.91 Å². The minimum Gasteiger partial charge on any atom is -0.366 e. The van der Waals surface area contributed by atoms with Gasteiger partial charge in [-0.05, 0) is 37.1 Å². The van der Waals surface area contributed by atoms with Crippen molar-refractivity contribution in [2.24, 2.45) is 5.73 Å². The van der Waals surface area contributed by atoms with E-state index in [2.05, 4.69) is 5.32 Å². The monoisotopic (exact) mass is 337 g/mol. The number of benzene rings is 2. The summed E-state index contributed by atoms with van der Waals surface area (Å²) in [6.45, 7) is 3.79. The molecule has 0 spiro atoms. The molecule has 0 aromatic heterocycles. The fourth-order valence-corrected chi connectivity index (χ4v) is 2.88. The molecule has 1 unspecified atom stereocenters. The Balaban J connectivity index is 1.83. The Morgan fingerprint density at radius 1 is 1.08 bits per heavy atom. The van der Waals surface area contributed by atoms with Crippen LogP contribution in [0.1, 0.15) is 34.0 Å². The number of nitrogens with zero attached hydrogens (tertiary/aromatic N) is 1. The van der Waals surface area contributed by atoms with Crippen molar-refractivity contribution < 1.29 is 14.4 Å². The lowest BCUT2D eigenvalue weighted by atomic mass is 9.91. The fraction of sp³-hybridized carbons (Fsp3) is 0.211. The third-order valence-electron chi connectivity index (χ3n) is 4.48. The Morgan fingerprint density at radius 2 is 1.68 bits per heavy atom.